The van der Waals surface area contributed by atoms with Crippen molar-refractivity contribution in [2.45, 2.75) is 27.7 Å². The maximum atomic E-state index is 15.4. The molecule has 0 aromatic heterocycles. The summed E-state index contributed by atoms with van der Waals surface area (Å²) in [5.41, 5.74) is 1.92. The number of esters is 4. The average Bonchev–Trinajstić information content (AvgIpc) is 2.97. The predicted molar refractivity (Wildman–Crippen MR) is 169 cm³/mol. The lowest BCUT2D eigenvalue weighted by Gasteiger charge is -2.13. The number of hydrogen-bond acceptors (Lipinski definition) is 8. The Morgan fingerprint density at radius 3 is 1.49 bits per heavy atom. The van der Waals surface area contributed by atoms with Gasteiger partial charge in [-0.05, 0) is 63.6 Å². The number of ether oxygens (including phenoxy) is 4. The van der Waals surface area contributed by atoms with Crippen LogP contribution in [-0.2, 0) is 19.2 Å². The fourth-order valence-electron chi connectivity index (χ4n) is 3.47. The molecule has 45 heavy (non-hydrogen) atoms. The lowest BCUT2D eigenvalue weighted by atomic mass is 10.0. The van der Waals surface area contributed by atoms with Gasteiger partial charge in [0, 0.05) is 51.1 Å². The molecule has 0 fully saturated rings. The smallest absolute Gasteiger partial charge is 0.338 e. The van der Waals surface area contributed by atoms with Gasteiger partial charge in [-0.3, -0.25) is 0 Å². The third-order valence-electron chi connectivity index (χ3n) is 5.91. The average molecular weight is 611 g/mol. The molecular weight excluding hydrogens is 579 g/mol. The lowest BCUT2D eigenvalue weighted by molar-refractivity contribution is -0.131. The van der Waals surface area contributed by atoms with Crippen LogP contribution in [0.2, 0.25) is 0 Å². The van der Waals surface area contributed by atoms with Crippen molar-refractivity contribution < 1.29 is 42.5 Å². The van der Waals surface area contributed by atoms with Crippen molar-refractivity contribution in [1.29, 1.82) is 0 Å². The second-order valence-corrected chi connectivity index (χ2v) is 10.1. The van der Waals surface area contributed by atoms with Crippen molar-refractivity contribution in [3.8, 4) is 34.1 Å². The van der Waals surface area contributed by atoms with Crippen molar-refractivity contribution in [2.24, 2.45) is 0 Å². The van der Waals surface area contributed by atoms with E-state index in [0.717, 1.165) is 0 Å². The Morgan fingerprint density at radius 1 is 0.556 bits per heavy atom. The Morgan fingerprint density at radius 2 is 0.978 bits per heavy atom. The van der Waals surface area contributed by atoms with Crippen LogP contribution in [0.25, 0.3) is 23.3 Å². The molecule has 0 radical (unpaired) electrons. The molecule has 0 aliphatic carbocycles. The van der Waals surface area contributed by atoms with E-state index in [1.807, 2.05) is 0 Å². The fraction of sp³-hybridized carbons (Fsp3) is 0.111. The van der Waals surface area contributed by atoms with Gasteiger partial charge in [-0.1, -0.05) is 50.6 Å². The number of halogens is 1. The predicted octanol–water partition coefficient (Wildman–Crippen LogP) is 7.59. The Balaban J connectivity index is 1.98. The molecule has 0 saturated heterocycles. The quantitative estimate of drug-likeness (QED) is 0.0947. The van der Waals surface area contributed by atoms with Crippen LogP contribution in [0.1, 0.15) is 38.8 Å². The van der Waals surface area contributed by atoms with Crippen molar-refractivity contribution in [1.82, 2.24) is 0 Å². The minimum Gasteiger partial charge on any atom is -0.423 e. The fourth-order valence-corrected chi connectivity index (χ4v) is 3.47. The van der Waals surface area contributed by atoms with Gasteiger partial charge in [0.2, 0.25) is 0 Å². The van der Waals surface area contributed by atoms with E-state index in [1.165, 1.54) is 88.4 Å². The summed E-state index contributed by atoms with van der Waals surface area (Å²) in [5.74, 6) is -3.07. The summed E-state index contributed by atoms with van der Waals surface area (Å²) in [4.78, 5) is 48.5. The van der Waals surface area contributed by atoms with Crippen LogP contribution in [0.15, 0.2) is 103 Å². The third-order valence-corrected chi connectivity index (χ3v) is 5.91. The SMILES string of the molecule is C=C(C)C(=O)Oc1ccc(C=Cc2ccc(-c3ccc(OC(=O)C(=C)C)cc3OC(=O)C(=C)C)cc2F)c(OC(=O)C(=C)C)c1. The highest BCUT2D eigenvalue weighted by atomic mass is 19.1. The molecule has 0 aliphatic rings. The van der Waals surface area contributed by atoms with E-state index in [9.17, 15) is 19.2 Å². The van der Waals surface area contributed by atoms with Gasteiger partial charge >= 0.3 is 23.9 Å². The minimum atomic E-state index is -0.719. The highest BCUT2D eigenvalue weighted by Gasteiger charge is 2.17. The molecule has 0 N–H and O–H groups in total. The maximum absolute atomic E-state index is 15.4. The Labute approximate surface area is 260 Å². The number of benzene rings is 3. The Kier molecular flexibility index (Phi) is 10.9. The Bertz CT molecular complexity index is 1790. The summed E-state index contributed by atoms with van der Waals surface area (Å²) < 4.78 is 36.7. The molecule has 0 bridgehead atoms. The van der Waals surface area contributed by atoms with Gasteiger partial charge in [0.05, 0.1) is 0 Å². The van der Waals surface area contributed by atoms with Crippen LogP contribution in [-0.4, -0.2) is 23.9 Å². The molecule has 8 nitrogen and oxygen atoms in total. The number of carbonyl (C=O) groups is 4. The van der Waals surface area contributed by atoms with E-state index in [1.54, 1.807) is 6.07 Å². The zero-order valence-corrected chi connectivity index (χ0v) is 25.3. The van der Waals surface area contributed by atoms with Crippen molar-refractivity contribution >= 4 is 36.0 Å². The molecule has 0 spiro atoms. The standard InChI is InChI=1S/C36H31FO8/c1-20(2)33(38)42-27-14-13-25(31(18-27)44-35(40)22(5)6)11-9-24-10-12-26(17-30(24)37)29-16-15-28(43-34(39)21(3)4)19-32(29)45-36(41)23(7)8/h9-19H,1,3,5,7H2,2,4,6,8H3. The molecule has 230 valence electrons. The van der Waals surface area contributed by atoms with Crippen molar-refractivity contribution in [3.05, 3.63) is 120 Å². The molecule has 9 heteroatoms. The van der Waals surface area contributed by atoms with Crippen LogP contribution >= 0.6 is 0 Å². The number of hydrogen-bond donors (Lipinski definition) is 0. The Hall–Kier alpha value is -5.83. The summed E-state index contributed by atoms with van der Waals surface area (Å²) >= 11 is 0. The van der Waals surface area contributed by atoms with Crippen molar-refractivity contribution in [3.63, 3.8) is 0 Å². The van der Waals surface area contributed by atoms with E-state index in [0.29, 0.717) is 16.7 Å². The van der Waals surface area contributed by atoms with Gasteiger partial charge in [-0.25, -0.2) is 23.6 Å². The van der Waals surface area contributed by atoms with Crippen LogP contribution in [0.3, 0.4) is 0 Å². The van der Waals surface area contributed by atoms with E-state index < -0.39 is 29.7 Å². The zero-order chi connectivity index (χ0) is 33.4. The summed E-state index contributed by atoms with van der Waals surface area (Å²) in [6, 6.07) is 13.1. The summed E-state index contributed by atoms with van der Waals surface area (Å²) in [6.45, 7) is 20.2. The van der Waals surface area contributed by atoms with Crippen LogP contribution in [0, 0.1) is 5.82 Å². The first-order valence-electron chi connectivity index (χ1n) is 13.4. The number of rotatable bonds is 11. The topological polar surface area (TPSA) is 105 Å². The first kappa shape index (κ1) is 33.7. The molecule has 0 saturated carbocycles. The molecule has 0 aliphatic heterocycles. The largest absolute Gasteiger partial charge is 0.423 e. The van der Waals surface area contributed by atoms with Crippen LogP contribution < -0.4 is 18.9 Å². The maximum Gasteiger partial charge on any atom is 0.338 e. The third kappa shape index (κ3) is 9.08. The van der Waals surface area contributed by atoms with Gasteiger partial charge in [0.25, 0.3) is 0 Å². The van der Waals surface area contributed by atoms with E-state index in [2.05, 4.69) is 26.3 Å². The number of carbonyl (C=O) groups excluding carboxylic acids is 4. The van der Waals surface area contributed by atoms with Crippen LogP contribution in [0.5, 0.6) is 23.0 Å². The molecule has 3 aromatic rings. The molecular formula is C36H31FO8. The molecule has 0 unspecified atom stereocenters. The van der Waals surface area contributed by atoms with Gasteiger partial charge in [-0.2, -0.15) is 0 Å². The van der Waals surface area contributed by atoms with Crippen molar-refractivity contribution in [2.75, 3.05) is 0 Å². The normalized spacial score (nSPS) is 10.5. The van der Waals surface area contributed by atoms with E-state index in [4.69, 9.17) is 18.9 Å². The van der Waals surface area contributed by atoms with E-state index in [-0.39, 0.29) is 50.9 Å². The molecule has 0 amide bonds. The molecule has 0 heterocycles. The zero-order valence-electron chi connectivity index (χ0n) is 25.3. The highest BCUT2D eigenvalue weighted by molar-refractivity contribution is 5.92. The second kappa shape index (κ2) is 14.6. The van der Waals surface area contributed by atoms with Gasteiger partial charge in [0.1, 0.15) is 28.8 Å². The monoisotopic (exact) mass is 610 g/mol. The summed E-state index contributed by atoms with van der Waals surface area (Å²) in [7, 11) is 0. The highest BCUT2D eigenvalue weighted by Crippen LogP contribution is 2.35. The van der Waals surface area contributed by atoms with Gasteiger partial charge in [0.15, 0.2) is 0 Å². The minimum absolute atomic E-state index is 0.0223. The second-order valence-electron chi connectivity index (χ2n) is 10.1. The van der Waals surface area contributed by atoms with Gasteiger partial charge < -0.3 is 18.9 Å². The first-order chi connectivity index (χ1) is 21.2. The van der Waals surface area contributed by atoms with E-state index >= 15 is 4.39 Å². The lowest BCUT2D eigenvalue weighted by Crippen LogP contribution is -2.11. The summed E-state index contributed by atoms with van der Waals surface area (Å²) in [6.07, 6.45) is 2.99. The summed E-state index contributed by atoms with van der Waals surface area (Å²) in [5, 5.41) is 0. The van der Waals surface area contributed by atoms with Crippen LogP contribution in [0.4, 0.5) is 4.39 Å². The molecule has 3 rings (SSSR count). The first-order valence-corrected chi connectivity index (χ1v) is 13.4. The van der Waals surface area contributed by atoms with Gasteiger partial charge in [-0.15, -0.1) is 0 Å². The molecule has 0 atom stereocenters. The molecule has 3 aromatic carbocycles.